The number of hydrogen-bond acceptors (Lipinski definition) is 2. The van der Waals surface area contributed by atoms with Crippen LogP contribution in [0.15, 0.2) is 18.2 Å². The molecule has 0 saturated heterocycles. The zero-order valence-corrected chi connectivity index (χ0v) is 12.8. The fraction of sp³-hybridized carbons (Fsp3) is 0.286. The summed E-state index contributed by atoms with van der Waals surface area (Å²) in [5.41, 5.74) is 2.02. The Morgan fingerprint density at radius 2 is 2.00 bits per heavy atom. The van der Waals surface area contributed by atoms with Gasteiger partial charge < -0.3 is 5.11 Å². The minimum absolute atomic E-state index is 0.123. The average Bonchev–Trinajstić information content (AvgIpc) is 2.66. The lowest BCUT2D eigenvalue weighted by Gasteiger charge is -2.07. The van der Waals surface area contributed by atoms with Crippen LogP contribution >= 0.6 is 23.2 Å². The maximum Gasteiger partial charge on any atom is 0.354 e. The first-order valence-corrected chi connectivity index (χ1v) is 6.86. The number of carbonyl (C=O) groups is 1. The smallest absolute Gasteiger partial charge is 0.354 e. The van der Waals surface area contributed by atoms with Crippen molar-refractivity contribution < 1.29 is 9.90 Å². The minimum Gasteiger partial charge on any atom is -0.477 e. The van der Waals surface area contributed by atoms with E-state index in [0.717, 1.165) is 5.69 Å². The average molecular weight is 313 g/mol. The Morgan fingerprint density at radius 3 is 2.50 bits per heavy atom. The summed E-state index contributed by atoms with van der Waals surface area (Å²) in [7, 11) is 0. The summed E-state index contributed by atoms with van der Waals surface area (Å²) < 4.78 is 1.37. The molecule has 1 N–H and O–H groups in total. The quantitative estimate of drug-likeness (QED) is 0.918. The third-order valence-corrected chi connectivity index (χ3v) is 3.58. The van der Waals surface area contributed by atoms with Crippen molar-refractivity contribution in [1.29, 1.82) is 0 Å². The van der Waals surface area contributed by atoms with Gasteiger partial charge in [0.2, 0.25) is 0 Å². The van der Waals surface area contributed by atoms with Gasteiger partial charge in [-0.25, -0.2) is 9.48 Å². The molecular formula is C14H14Cl2N2O2. The van der Waals surface area contributed by atoms with Gasteiger partial charge in [-0.15, -0.1) is 0 Å². The number of halogens is 2. The second-order valence-electron chi connectivity index (χ2n) is 4.83. The van der Waals surface area contributed by atoms with Gasteiger partial charge in [0.1, 0.15) is 0 Å². The highest BCUT2D eigenvalue weighted by atomic mass is 35.5. The van der Waals surface area contributed by atoms with E-state index in [0.29, 0.717) is 21.3 Å². The molecule has 20 heavy (non-hydrogen) atoms. The highest BCUT2D eigenvalue weighted by Gasteiger charge is 2.23. The van der Waals surface area contributed by atoms with E-state index in [1.165, 1.54) is 4.68 Å². The van der Waals surface area contributed by atoms with Gasteiger partial charge in [0, 0.05) is 10.6 Å². The summed E-state index contributed by atoms with van der Waals surface area (Å²) in [6.45, 7) is 5.69. The molecule has 1 aromatic heterocycles. The zero-order valence-electron chi connectivity index (χ0n) is 11.3. The molecular weight excluding hydrogens is 299 g/mol. The van der Waals surface area contributed by atoms with Crippen LogP contribution in [0, 0.1) is 6.92 Å². The van der Waals surface area contributed by atoms with Crippen molar-refractivity contribution >= 4 is 29.2 Å². The molecule has 1 aromatic carbocycles. The molecule has 0 amide bonds. The van der Waals surface area contributed by atoms with E-state index in [-0.39, 0.29) is 11.6 Å². The molecule has 2 aromatic rings. The first-order valence-electron chi connectivity index (χ1n) is 6.11. The molecule has 0 fully saturated rings. The molecule has 0 aliphatic rings. The Kier molecular flexibility index (Phi) is 4.06. The minimum atomic E-state index is -1.03. The van der Waals surface area contributed by atoms with Gasteiger partial charge in [0.25, 0.3) is 0 Å². The Hall–Kier alpha value is -1.52. The number of nitrogens with zero attached hydrogens (tertiary/aromatic N) is 2. The van der Waals surface area contributed by atoms with Gasteiger partial charge in [-0.1, -0.05) is 37.0 Å². The molecule has 0 saturated carbocycles. The predicted octanol–water partition coefficient (Wildman–Crippen LogP) is 4.31. The fourth-order valence-corrected chi connectivity index (χ4v) is 2.63. The fourth-order valence-electron chi connectivity index (χ4n) is 2.14. The van der Waals surface area contributed by atoms with Crippen LogP contribution in [-0.4, -0.2) is 20.9 Å². The van der Waals surface area contributed by atoms with Crippen LogP contribution in [0.5, 0.6) is 0 Å². The van der Waals surface area contributed by atoms with Gasteiger partial charge in [-0.05, 0) is 31.0 Å². The zero-order chi connectivity index (χ0) is 15.0. The van der Waals surface area contributed by atoms with Gasteiger partial charge in [0.05, 0.1) is 16.4 Å². The number of aromatic nitrogens is 2. The molecule has 0 aliphatic heterocycles. The monoisotopic (exact) mass is 312 g/mol. The van der Waals surface area contributed by atoms with Crippen LogP contribution in [0.1, 0.15) is 41.5 Å². The SMILES string of the molecule is Cc1c(C(C)C)nn(-c2ccc(Cl)cc2Cl)c1C(=O)O. The molecule has 0 spiro atoms. The van der Waals surface area contributed by atoms with Crippen LogP contribution in [0.25, 0.3) is 5.69 Å². The second kappa shape index (κ2) is 5.46. The summed E-state index contributed by atoms with van der Waals surface area (Å²) in [4.78, 5) is 11.5. The highest BCUT2D eigenvalue weighted by Crippen LogP contribution is 2.29. The number of aromatic carboxylic acids is 1. The molecule has 6 heteroatoms. The number of hydrogen-bond donors (Lipinski definition) is 1. The standard InChI is InChI=1S/C14H14Cl2N2O2/c1-7(2)12-8(3)13(14(19)20)18(17-12)11-5-4-9(15)6-10(11)16/h4-7H,1-3H3,(H,19,20). The largest absolute Gasteiger partial charge is 0.477 e. The lowest BCUT2D eigenvalue weighted by molar-refractivity contribution is 0.0686. The van der Waals surface area contributed by atoms with Crippen molar-refractivity contribution in [3.05, 3.63) is 45.2 Å². The molecule has 4 nitrogen and oxygen atoms in total. The lowest BCUT2D eigenvalue weighted by Crippen LogP contribution is -2.09. The van der Waals surface area contributed by atoms with Crippen molar-refractivity contribution in [1.82, 2.24) is 9.78 Å². The topological polar surface area (TPSA) is 55.1 Å². The first-order chi connectivity index (χ1) is 9.32. The Morgan fingerprint density at radius 1 is 1.35 bits per heavy atom. The maximum absolute atomic E-state index is 11.5. The number of benzene rings is 1. The molecule has 0 atom stereocenters. The molecule has 0 unspecified atom stereocenters. The van der Waals surface area contributed by atoms with Crippen LogP contribution in [0.2, 0.25) is 10.0 Å². The van der Waals surface area contributed by atoms with Crippen molar-refractivity contribution in [2.24, 2.45) is 0 Å². The van der Waals surface area contributed by atoms with Crippen LogP contribution < -0.4 is 0 Å². The van der Waals surface area contributed by atoms with E-state index in [2.05, 4.69) is 5.10 Å². The molecule has 0 bridgehead atoms. The highest BCUT2D eigenvalue weighted by molar-refractivity contribution is 6.35. The summed E-state index contributed by atoms with van der Waals surface area (Å²) in [6, 6.07) is 4.88. The summed E-state index contributed by atoms with van der Waals surface area (Å²) in [5.74, 6) is -0.909. The third kappa shape index (κ3) is 2.53. The number of carboxylic acid groups (broad SMARTS) is 1. The van der Waals surface area contributed by atoms with Crippen molar-refractivity contribution in [2.45, 2.75) is 26.7 Å². The maximum atomic E-state index is 11.5. The van der Waals surface area contributed by atoms with Crippen molar-refractivity contribution in [3.8, 4) is 5.69 Å². The van der Waals surface area contributed by atoms with E-state index in [4.69, 9.17) is 23.2 Å². The predicted molar refractivity (Wildman–Crippen MR) is 79.4 cm³/mol. The Balaban J connectivity index is 2.73. The molecule has 106 valence electrons. The third-order valence-electron chi connectivity index (χ3n) is 3.05. The lowest BCUT2D eigenvalue weighted by atomic mass is 10.1. The first kappa shape index (κ1) is 14.9. The van der Waals surface area contributed by atoms with Gasteiger partial charge in [0.15, 0.2) is 5.69 Å². The van der Waals surface area contributed by atoms with Crippen LogP contribution in [0.4, 0.5) is 0 Å². The van der Waals surface area contributed by atoms with E-state index in [1.807, 2.05) is 13.8 Å². The van der Waals surface area contributed by atoms with Gasteiger partial charge in [-0.2, -0.15) is 5.10 Å². The normalized spacial score (nSPS) is 11.1. The van der Waals surface area contributed by atoms with E-state index in [1.54, 1.807) is 25.1 Å². The van der Waals surface area contributed by atoms with Crippen LogP contribution in [0.3, 0.4) is 0 Å². The van der Waals surface area contributed by atoms with Gasteiger partial charge in [-0.3, -0.25) is 0 Å². The summed E-state index contributed by atoms with van der Waals surface area (Å²) in [5, 5.41) is 14.7. The Labute approximate surface area is 126 Å². The van der Waals surface area contributed by atoms with Gasteiger partial charge >= 0.3 is 5.97 Å². The van der Waals surface area contributed by atoms with Crippen molar-refractivity contribution in [2.75, 3.05) is 0 Å². The molecule has 0 aliphatic carbocycles. The van der Waals surface area contributed by atoms with E-state index >= 15 is 0 Å². The molecule has 0 radical (unpaired) electrons. The van der Waals surface area contributed by atoms with Crippen molar-refractivity contribution in [3.63, 3.8) is 0 Å². The van der Waals surface area contributed by atoms with E-state index in [9.17, 15) is 9.90 Å². The van der Waals surface area contributed by atoms with Crippen LogP contribution in [-0.2, 0) is 0 Å². The number of carboxylic acids is 1. The Bertz CT molecular complexity index is 678. The molecule has 2 rings (SSSR count). The van der Waals surface area contributed by atoms with E-state index < -0.39 is 5.97 Å². The summed E-state index contributed by atoms with van der Waals surface area (Å²) in [6.07, 6.45) is 0. The summed E-state index contributed by atoms with van der Waals surface area (Å²) >= 11 is 12.0. The molecule has 1 heterocycles. The second-order valence-corrected chi connectivity index (χ2v) is 5.67. The number of rotatable bonds is 3.